The molecule has 2 aromatic carbocycles. The highest BCUT2D eigenvalue weighted by Gasteiger charge is 2.52. The van der Waals surface area contributed by atoms with Gasteiger partial charge in [0.2, 0.25) is 12.7 Å². The first-order valence-electron chi connectivity index (χ1n) is 11.8. The van der Waals surface area contributed by atoms with Crippen LogP contribution in [0.25, 0.3) is 0 Å². The topological polar surface area (TPSA) is 82.2 Å². The smallest absolute Gasteiger partial charge is 0.236 e. The van der Waals surface area contributed by atoms with E-state index >= 15 is 0 Å². The highest BCUT2D eigenvalue weighted by Crippen LogP contribution is 2.51. The predicted octanol–water partition coefficient (Wildman–Crippen LogP) is 3.97. The van der Waals surface area contributed by atoms with Crippen molar-refractivity contribution in [1.82, 2.24) is 9.88 Å². The van der Waals surface area contributed by atoms with Crippen LogP contribution in [0, 0.1) is 0 Å². The molecule has 1 aliphatic carbocycles. The summed E-state index contributed by atoms with van der Waals surface area (Å²) in [5.41, 5.74) is 1.55. The number of rotatable bonds is 7. The van der Waals surface area contributed by atoms with Crippen molar-refractivity contribution in [3.8, 4) is 17.2 Å². The Kier molecular flexibility index (Phi) is 5.83. The predicted molar refractivity (Wildman–Crippen MR) is 131 cm³/mol. The number of ether oxygens (including phenoxy) is 4. The molecule has 1 saturated carbocycles. The quantitative estimate of drug-likeness (QED) is 0.533. The fraction of sp³-hybridized carbons (Fsp3) is 0.385. The summed E-state index contributed by atoms with van der Waals surface area (Å²) < 4.78 is 22.0. The molecule has 0 spiro atoms. The number of nitrogens with one attached hydrogen (secondary N) is 1. The highest BCUT2D eigenvalue weighted by atomic mass is 32.1. The molecule has 35 heavy (non-hydrogen) atoms. The Labute approximate surface area is 207 Å². The first-order chi connectivity index (χ1) is 17.2. The fourth-order valence-electron chi connectivity index (χ4n) is 4.86. The van der Waals surface area contributed by atoms with Crippen LogP contribution < -0.4 is 19.5 Å². The summed E-state index contributed by atoms with van der Waals surface area (Å²) in [4.78, 5) is 21.4. The lowest BCUT2D eigenvalue weighted by Gasteiger charge is -2.34. The summed E-state index contributed by atoms with van der Waals surface area (Å²) in [5, 5.41) is 3.70. The maximum absolute atomic E-state index is 13.4. The molecule has 9 heteroatoms. The van der Waals surface area contributed by atoms with Crippen LogP contribution in [0.2, 0.25) is 0 Å². The second-order valence-corrected chi connectivity index (χ2v) is 10.1. The van der Waals surface area contributed by atoms with Gasteiger partial charge in [0.15, 0.2) is 16.6 Å². The molecule has 2 aliphatic heterocycles. The molecule has 0 radical (unpaired) electrons. The van der Waals surface area contributed by atoms with Crippen LogP contribution in [0.5, 0.6) is 17.2 Å². The van der Waals surface area contributed by atoms with Crippen molar-refractivity contribution in [2.24, 2.45) is 0 Å². The molecule has 3 aliphatic rings. The molecule has 1 N–H and O–H groups in total. The second-order valence-electron chi connectivity index (χ2n) is 9.00. The standard InChI is InChI=1S/C26H27N3O5S/c1-31-19-4-2-3-17(13-19)23(29-9-11-32-12-10-29)22-15-27-25(35-22)28-24(30)26(7-8-26)18-5-6-20-21(14-18)34-16-33-20/h2-6,13-15,23H,7-12,16H2,1H3,(H,27,28,30). The maximum Gasteiger partial charge on any atom is 0.236 e. The molecule has 3 aromatic rings. The SMILES string of the molecule is COc1cccc(C(c2cnc(NC(=O)C3(c4ccc5c(c4)OCO5)CC3)s2)N2CCOCC2)c1. The van der Waals surface area contributed by atoms with E-state index < -0.39 is 5.41 Å². The third kappa shape index (κ3) is 4.24. The third-order valence-corrected chi connectivity index (χ3v) is 7.91. The number of methoxy groups -OCH3 is 1. The van der Waals surface area contributed by atoms with Gasteiger partial charge >= 0.3 is 0 Å². The number of morpholine rings is 1. The van der Waals surface area contributed by atoms with E-state index in [0.717, 1.165) is 53.4 Å². The molecule has 182 valence electrons. The second kappa shape index (κ2) is 9.14. The average Bonchev–Trinajstić information content (AvgIpc) is 3.37. The normalized spacial score (nSPS) is 19.2. The minimum atomic E-state index is -0.538. The lowest BCUT2D eigenvalue weighted by atomic mass is 9.94. The largest absolute Gasteiger partial charge is 0.497 e. The lowest BCUT2D eigenvalue weighted by Crippen LogP contribution is -2.39. The number of carbonyl (C=O) groups excluding carboxylic acids is 1. The highest BCUT2D eigenvalue weighted by molar-refractivity contribution is 7.15. The molecule has 8 nitrogen and oxygen atoms in total. The van der Waals surface area contributed by atoms with Gasteiger partial charge in [0, 0.05) is 24.2 Å². The zero-order valence-corrected chi connectivity index (χ0v) is 20.3. The van der Waals surface area contributed by atoms with Crippen LogP contribution in [0.15, 0.2) is 48.7 Å². The van der Waals surface area contributed by atoms with Crippen LogP contribution in [0.4, 0.5) is 5.13 Å². The Balaban J connectivity index is 1.24. The summed E-state index contributed by atoms with van der Waals surface area (Å²) in [6.07, 6.45) is 3.48. The van der Waals surface area contributed by atoms with Crippen molar-refractivity contribution in [2.45, 2.75) is 24.3 Å². The van der Waals surface area contributed by atoms with Crippen molar-refractivity contribution in [3.63, 3.8) is 0 Å². The molecule has 1 unspecified atom stereocenters. The average molecular weight is 494 g/mol. The molecule has 0 bridgehead atoms. The van der Waals surface area contributed by atoms with Crippen molar-refractivity contribution >= 4 is 22.4 Å². The van der Waals surface area contributed by atoms with Crippen LogP contribution in [0.3, 0.4) is 0 Å². The molecule has 1 aromatic heterocycles. The van der Waals surface area contributed by atoms with Gasteiger partial charge in [-0.05, 0) is 48.2 Å². The monoisotopic (exact) mass is 493 g/mol. The van der Waals surface area contributed by atoms with Crippen LogP contribution in [-0.4, -0.2) is 56.0 Å². The summed E-state index contributed by atoms with van der Waals surface area (Å²) in [7, 11) is 1.68. The van der Waals surface area contributed by atoms with E-state index in [-0.39, 0.29) is 18.7 Å². The Hall–Kier alpha value is -3.14. The molecule has 1 saturated heterocycles. The van der Waals surface area contributed by atoms with Gasteiger partial charge in [-0.3, -0.25) is 9.69 Å². The fourth-order valence-corrected chi connectivity index (χ4v) is 5.83. The maximum atomic E-state index is 13.4. The summed E-state index contributed by atoms with van der Waals surface area (Å²) in [6, 6.07) is 13.9. The number of nitrogens with zero attached hydrogens (tertiary/aromatic N) is 2. The Morgan fingerprint density at radius 1 is 1.14 bits per heavy atom. The van der Waals surface area contributed by atoms with Gasteiger partial charge in [0.05, 0.1) is 31.8 Å². The molecule has 1 amide bonds. The van der Waals surface area contributed by atoms with E-state index in [1.54, 1.807) is 7.11 Å². The lowest BCUT2D eigenvalue weighted by molar-refractivity contribution is -0.118. The number of carbonyl (C=O) groups is 1. The summed E-state index contributed by atoms with van der Waals surface area (Å²) >= 11 is 1.52. The van der Waals surface area contributed by atoms with E-state index in [4.69, 9.17) is 18.9 Å². The van der Waals surface area contributed by atoms with Gasteiger partial charge in [0.1, 0.15) is 5.75 Å². The zero-order chi connectivity index (χ0) is 23.8. The number of hydrogen-bond acceptors (Lipinski definition) is 8. The molecule has 6 rings (SSSR count). The molecular weight excluding hydrogens is 466 g/mol. The Morgan fingerprint density at radius 2 is 1.97 bits per heavy atom. The first-order valence-corrected chi connectivity index (χ1v) is 12.6. The summed E-state index contributed by atoms with van der Waals surface area (Å²) in [5.74, 6) is 2.21. The van der Waals surface area contributed by atoms with Crippen LogP contribution in [-0.2, 0) is 14.9 Å². The van der Waals surface area contributed by atoms with Gasteiger partial charge in [-0.25, -0.2) is 4.98 Å². The number of thiazole rings is 1. The van der Waals surface area contributed by atoms with Gasteiger partial charge < -0.3 is 24.3 Å². The number of anilines is 1. The van der Waals surface area contributed by atoms with Gasteiger partial charge in [-0.15, -0.1) is 0 Å². The molecule has 2 fully saturated rings. The number of hydrogen-bond donors (Lipinski definition) is 1. The third-order valence-electron chi connectivity index (χ3n) is 6.94. The van der Waals surface area contributed by atoms with Crippen LogP contribution in [0.1, 0.15) is 34.9 Å². The van der Waals surface area contributed by atoms with Crippen molar-refractivity contribution in [3.05, 3.63) is 64.7 Å². The van der Waals surface area contributed by atoms with Crippen molar-refractivity contribution in [1.29, 1.82) is 0 Å². The van der Waals surface area contributed by atoms with E-state index in [9.17, 15) is 4.79 Å². The Bertz CT molecular complexity index is 1240. The van der Waals surface area contributed by atoms with Gasteiger partial charge in [-0.2, -0.15) is 0 Å². The van der Waals surface area contributed by atoms with E-state index in [0.29, 0.717) is 24.1 Å². The molecule has 1 atom stereocenters. The minimum absolute atomic E-state index is 0.0147. The van der Waals surface area contributed by atoms with Crippen molar-refractivity contribution in [2.75, 3.05) is 45.5 Å². The Morgan fingerprint density at radius 3 is 2.77 bits per heavy atom. The number of amides is 1. The van der Waals surface area contributed by atoms with Crippen molar-refractivity contribution < 1.29 is 23.7 Å². The number of aromatic nitrogens is 1. The zero-order valence-electron chi connectivity index (χ0n) is 19.5. The number of benzene rings is 2. The summed E-state index contributed by atoms with van der Waals surface area (Å²) in [6.45, 7) is 3.27. The number of fused-ring (bicyclic) bond motifs is 1. The molecular formula is C26H27N3O5S. The van der Waals surface area contributed by atoms with Crippen LogP contribution >= 0.6 is 11.3 Å². The molecule has 3 heterocycles. The van der Waals surface area contributed by atoms with E-state index in [1.807, 2.05) is 36.5 Å². The van der Waals surface area contributed by atoms with E-state index in [2.05, 4.69) is 27.3 Å². The first kappa shape index (κ1) is 22.3. The van der Waals surface area contributed by atoms with Gasteiger partial charge in [0.25, 0.3) is 0 Å². The minimum Gasteiger partial charge on any atom is -0.497 e. The van der Waals surface area contributed by atoms with Gasteiger partial charge in [-0.1, -0.05) is 29.5 Å². The van der Waals surface area contributed by atoms with E-state index in [1.165, 1.54) is 11.3 Å².